The van der Waals surface area contributed by atoms with Crippen molar-refractivity contribution in [3.63, 3.8) is 0 Å². The molecule has 1 fully saturated rings. The monoisotopic (exact) mass is 654 g/mol. The van der Waals surface area contributed by atoms with E-state index in [1.165, 1.54) is 0 Å². The lowest BCUT2D eigenvalue weighted by Crippen LogP contribution is -2.35. The molecular formula is C31H29F3N6O5S. The Morgan fingerprint density at radius 3 is 2.63 bits per heavy atom. The molecule has 3 aliphatic heterocycles. The van der Waals surface area contributed by atoms with Gasteiger partial charge in [-0.2, -0.15) is 0 Å². The van der Waals surface area contributed by atoms with Gasteiger partial charge in [0.25, 0.3) is 5.91 Å². The van der Waals surface area contributed by atoms with Crippen LogP contribution in [0.15, 0.2) is 53.7 Å². The third-order valence-electron chi connectivity index (χ3n) is 8.26. The molecule has 1 atom stereocenters. The molecule has 3 aromatic heterocycles. The first kappa shape index (κ1) is 30.0. The van der Waals surface area contributed by atoms with E-state index in [9.17, 15) is 26.4 Å². The number of anilines is 3. The number of carbonyl (C=O) groups excluding carboxylic acids is 1. The highest BCUT2D eigenvalue weighted by Crippen LogP contribution is 2.38. The van der Waals surface area contributed by atoms with Crippen LogP contribution in [0.5, 0.6) is 11.5 Å². The molecule has 6 heterocycles. The molecule has 11 nitrogen and oxygen atoms in total. The summed E-state index contributed by atoms with van der Waals surface area (Å²) in [7, 11) is -4.53. The van der Waals surface area contributed by atoms with Crippen LogP contribution in [0.1, 0.15) is 35.3 Å². The number of fused-ring (bicyclic) bond motifs is 3. The molecule has 3 aliphatic rings. The standard InChI is InChI=1S/C31H29F3N6O5S/c32-20-3-6-39(7-4-20)22-14-25-30(36-17-22)40(8-10-44-25)28-2-1-18-15-35-21(13-24(18)38-28)16-37-31(41)19-11-23(33)29-26(12-19)46(42,43)27(34)5-9-45-29/h1-2,11-15,17,20,27H,3-10,16H2,(H,37,41)/t27-/m1/s1. The number of rotatable bonds is 5. The molecule has 1 saturated heterocycles. The minimum absolute atomic E-state index is 0.0707. The van der Waals surface area contributed by atoms with E-state index in [1.807, 2.05) is 23.1 Å². The van der Waals surface area contributed by atoms with Crippen molar-refractivity contribution in [3.8, 4) is 11.5 Å². The van der Waals surface area contributed by atoms with E-state index in [0.29, 0.717) is 67.7 Å². The summed E-state index contributed by atoms with van der Waals surface area (Å²) in [5.74, 6) is -0.578. The molecule has 0 unspecified atom stereocenters. The minimum atomic E-state index is -4.53. The van der Waals surface area contributed by atoms with Crippen LogP contribution < -0.4 is 24.6 Å². The van der Waals surface area contributed by atoms with Gasteiger partial charge in [0.2, 0.25) is 15.3 Å². The number of benzene rings is 1. The zero-order valence-corrected chi connectivity index (χ0v) is 25.3. The van der Waals surface area contributed by atoms with Crippen LogP contribution in [0.3, 0.4) is 0 Å². The second-order valence-electron chi connectivity index (χ2n) is 11.3. The Hall–Kier alpha value is -4.66. The molecule has 0 aliphatic carbocycles. The molecule has 240 valence electrons. The van der Waals surface area contributed by atoms with Gasteiger partial charge in [-0.15, -0.1) is 0 Å². The lowest BCUT2D eigenvalue weighted by Gasteiger charge is -2.33. The molecule has 0 spiro atoms. The second-order valence-corrected chi connectivity index (χ2v) is 13.3. The average Bonchev–Trinajstić information content (AvgIpc) is 3.18. The van der Waals surface area contributed by atoms with E-state index >= 15 is 0 Å². The first-order chi connectivity index (χ1) is 22.2. The van der Waals surface area contributed by atoms with Gasteiger partial charge < -0.3 is 24.6 Å². The van der Waals surface area contributed by atoms with Gasteiger partial charge in [-0.05, 0) is 43.2 Å². The van der Waals surface area contributed by atoms with E-state index in [2.05, 4.69) is 20.2 Å². The van der Waals surface area contributed by atoms with E-state index in [-0.39, 0.29) is 18.7 Å². The lowest BCUT2D eigenvalue weighted by molar-refractivity contribution is 0.0949. The van der Waals surface area contributed by atoms with Crippen LogP contribution in [0, 0.1) is 5.82 Å². The van der Waals surface area contributed by atoms with Gasteiger partial charge in [-0.3, -0.25) is 9.78 Å². The van der Waals surface area contributed by atoms with Crippen molar-refractivity contribution >= 4 is 44.0 Å². The quantitative estimate of drug-likeness (QED) is 0.331. The van der Waals surface area contributed by atoms with Crippen molar-refractivity contribution < 1.29 is 35.9 Å². The summed E-state index contributed by atoms with van der Waals surface area (Å²) in [6, 6.07) is 9.13. The van der Waals surface area contributed by atoms with Gasteiger partial charge in [-0.25, -0.2) is 31.6 Å². The highest BCUT2D eigenvalue weighted by atomic mass is 32.2. The zero-order chi connectivity index (χ0) is 32.0. The molecule has 1 aromatic carbocycles. The fourth-order valence-corrected chi connectivity index (χ4v) is 7.14. The van der Waals surface area contributed by atoms with E-state index in [4.69, 9.17) is 14.5 Å². The Bertz CT molecular complexity index is 1940. The number of carbonyl (C=O) groups is 1. The predicted octanol–water partition coefficient (Wildman–Crippen LogP) is 4.41. The molecule has 4 aromatic rings. The van der Waals surface area contributed by atoms with E-state index < -0.39 is 50.3 Å². The highest BCUT2D eigenvalue weighted by Gasteiger charge is 2.35. The number of pyridine rings is 3. The van der Waals surface area contributed by atoms with Crippen LogP contribution in [0.4, 0.5) is 30.5 Å². The van der Waals surface area contributed by atoms with Crippen molar-refractivity contribution in [2.24, 2.45) is 0 Å². The summed E-state index contributed by atoms with van der Waals surface area (Å²) in [6.45, 7) is 1.79. The third kappa shape index (κ3) is 5.63. The molecule has 1 N–H and O–H groups in total. The van der Waals surface area contributed by atoms with Crippen LogP contribution in [-0.4, -0.2) is 73.8 Å². The molecule has 46 heavy (non-hydrogen) atoms. The lowest BCUT2D eigenvalue weighted by atomic mass is 10.1. The van der Waals surface area contributed by atoms with Gasteiger partial charge in [0, 0.05) is 42.7 Å². The van der Waals surface area contributed by atoms with Crippen molar-refractivity contribution in [2.45, 2.75) is 42.4 Å². The molecule has 0 bridgehead atoms. The summed E-state index contributed by atoms with van der Waals surface area (Å²) in [5.41, 5.74) is -0.637. The first-order valence-corrected chi connectivity index (χ1v) is 16.4. The SMILES string of the molecule is O=C(NCc1cc2nc(N3CCOc4cc(N5CCC(F)CC5)cnc43)ccc2cn1)c1cc(F)c2c(c1)S(=O)(=O)[C@@H](F)CCO2. The summed E-state index contributed by atoms with van der Waals surface area (Å²) in [4.78, 5) is 30.1. The Morgan fingerprint density at radius 1 is 0.978 bits per heavy atom. The Kier molecular flexibility index (Phi) is 7.79. The molecule has 15 heteroatoms. The number of alkyl halides is 2. The number of nitrogens with one attached hydrogen (secondary N) is 1. The molecular weight excluding hydrogens is 625 g/mol. The smallest absolute Gasteiger partial charge is 0.251 e. The van der Waals surface area contributed by atoms with Crippen LogP contribution in [0.25, 0.3) is 10.9 Å². The number of ether oxygens (including phenoxy) is 2. The number of halogens is 3. The summed E-state index contributed by atoms with van der Waals surface area (Å²) < 4.78 is 78.8. The molecule has 7 rings (SSSR count). The van der Waals surface area contributed by atoms with Crippen molar-refractivity contribution in [2.75, 3.05) is 42.6 Å². The Balaban J connectivity index is 1.09. The van der Waals surface area contributed by atoms with E-state index in [0.717, 1.165) is 23.2 Å². The maximum absolute atomic E-state index is 14.7. The van der Waals surface area contributed by atoms with Crippen molar-refractivity contribution in [3.05, 3.63) is 65.9 Å². The topological polar surface area (TPSA) is 127 Å². The molecule has 0 saturated carbocycles. The Morgan fingerprint density at radius 2 is 1.80 bits per heavy atom. The van der Waals surface area contributed by atoms with Gasteiger partial charge in [-0.1, -0.05) is 0 Å². The maximum atomic E-state index is 14.7. The number of nitrogens with zero attached hydrogens (tertiary/aromatic N) is 5. The normalized spacial score (nSPS) is 19.4. The second kappa shape index (κ2) is 11.9. The van der Waals surface area contributed by atoms with E-state index in [1.54, 1.807) is 18.5 Å². The summed E-state index contributed by atoms with van der Waals surface area (Å²) in [5, 5.41) is 3.36. The summed E-state index contributed by atoms with van der Waals surface area (Å²) in [6.07, 6.45) is 3.13. The van der Waals surface area contributed by atoms with Crippen molar-refractivity contribution in [1.29, 1.82) is 0 Å². The molecule has 0 radical (unpaired) electrons. The minimum Gasteiger partial charge on any atom is -0.489 e. The highest BCUT2D eigenvalue weighted by molar-refractivity contribution is 7.92. The largest absolute Gasteiger partial charge is 0.489 e. The number of hydrogen-bond donors (Lipinski definition) is 1. The van der Waals surface area contributed by atoms with Crippen LogP contribution >= 0.6 is 0 Å². The van der Waals surface area contributed by atoms with Crippen LogP contribution in [0.2, 0.25) is 0 Å². The van der Waals surface area contributed by atoms with Crippen LogP contribution in [-0.2, 0) is 16.4 Å². The van der Waals surface area contributed by atoms with Gasteiger partial charge in [0.1, 0.15) is 23.5 Å². The number of aromatic nitrogens is 3. The van der Waals surface area contributed by atoms with Gasteiger partial charge in [0.15, 0.2) is 23.1 Å². The number of hydrogen-bond acceptors (Lipinski definition) is 10. The van der Waals surface area contributed by atoms with Gasteiger partial charge >= 0.3 is 0 Å². The number of sulfone groups is 1. The number of piperidine rings is 1. The average molecular weight is 655 g/mol. The zero-order valence-electron chi connectivity index (χ0n) is 24.5. The Labute approximate surface area is 262 Å². The summed E-state index contributed by atoms with van der Waals surface area (Å²) >= 11 is 0. The van der Waals surface area contributed by atoms with Crippen molar-refractivity contribution in [1.82, 2.24) is 20.3 Å². The fourth-order valence-electron chi connectivity index (χ4n) is 5.76. The first-order valence-electron chi connectivity index (χ1n) is 14.8. The van der Waals surface area contributed by atoms with Gasteiger partial charge in [0.05, 0.1) is 42.8 Å². The molecule has 1 amide bonds. The predicted molar refractivity (Wildman–Crippen MR) is 162 cm³/mol. The fraction of sp³-hybridized carbons (Fsp3) is 0.355. The third-order valence-corrected chi connectivity index (χ3v) is 10.1. The number of amides is 1. The maximum Gasteiger partial charge on any atom is 0.251 e.